The Morgan fingerprint density at radius 2 is 1.94 bits per heavy atom. The highest BCUT2D eigenvalue weighted by molar-refractivity contribution is 5.95. The van der Waals surface area contributed by atoms with Crippen molar-refractivity contribution in [3.8, 4) is 0 Å². The topological polar surface area (TPSA) is 117 Å². The molecule has 0 rings (SSSR count). The highest BCUT2D eigenvalue weighted by atomic mass is 16.5. The number of carbonyl (C=O) groups excluding carboxylic acids is 2. The van der Waals surface area contributed by atoms with E-state index in [1.54, 1.807) is 0 Å². The van der Waals surface area contributed by atoms with Crippen molar-refractivity contribution in [2.45, 2.75) is 6.42 Å². The van der Waals surface area contributed by atoms with Crippen LogP contribution in [0.5, 0.6) is 0 Å². The van der Waals surface area contributed by atoms with Crippen LogP contribution >= 0.6 is 0 Å². The normalized spacial score (nSPS) is 9.71. The number of hydrogen-bond acceptors (Lipinski definition) is 5. The van der Waals surface area contributed by atoms with Crippen LogP contribution in [0.25, 0.3) is 0 Å². The van der Waals surface area contributed by atoms with E-state index in [-0.39, 0.29) is 19.5 Å². The summed E-state index contributed by atoms with van der Waals surface area (Å²) in [5, 5.41) is 15.4. The van der Waals surface area contributed by atoms with Crippen molar-refractivity contribution in [3.05, 3.63) is 0 Å². The maximum Gasteiger partial charge on any atom is 0.321 e. The molecule has 0 atom stereocenters. The van der Waals surface area contributed by atoms with Crippen LogP contribution in [0.2, 0.25) is 0 Å². The monoisotopic (exact) mass is 247 g/mol. The molecule has 98 valence electrons. The number of carboxylic acid groups (broad SMARTS) is 1. The zero-order chi connectivity index (χ0) is 13.1. The number of nitrogens with one attached hydrogen (secondary N) is 3. The Morgan fingerprint density at radius 1 is 1.24 bits per heavy atom. The van der Waals surface area contributed by atoms with E-state index in [1.807, 2.05) is 0 Å². The minimum absolute atomic E-state index is 0.0761. The van der Waals surface area contributed by atoms with Crippen molar-refractivity contribution < 1.29 is 24.2 Å². The van der Waals surface area contributed by atoms with Gasteiger partial charge < -0.3 is 20.5 Å². The van der Waals surface area contributed by atoms with E-state index in [4.69, 9.17) is 9.84 Å². The first kappa shape index (κ1) is 15.3. The molecule has 0 saturated heterocycles. The molecular formula is C9H17N3O5. The van der Waals surface area contributed by atoms with Gasteiger partial charge >= 0.3 is 12.0 Å². The molecule has 0 spiro atoms. The van der Waals surface area contributed by atoms with Crippen LogP contribution in [0.1, 0.15) is 6.42 Å². The lowest BCUT2D eigenvalue weighted by Gasteiger charge is -2.06. The molecule has 0 heterocycles. The van der Waals surface area contributed by atoms with Crippen LogP contribution < -0.4 is 16.0 Å². The van der Waals surface area contributed by atoms with E-state index in [2.05, 4.69) is 16.0 Å². The van der Waals surface area contributed by atoms with Crippen molar-refractivity contribution >= 4 is 17.9 Å². The fourth-order valence-corrected chi connectivity index (χ4v) is 0.879. The number of rotatable bonds is 8. The fraction of sp³-hybridized carbons (Fsp3) is 0.667. The third-order valence-corrected chi connectivity index (χ3v) is 1.65. The Hall–Kier alpha value is -1.67. The predicted octanol–water partition coefficient (Wildman–Crippen LogP) is -1.48. The summed E-state index contributed by atoms with van der Waals surface area (Å²) in [7, 11) is 1.50. The number of ether oxygens (including phenoxy) is 1. The van der Waals surface area contributed by atoms with E-state index in [9.17, 15) is 14.4 Å². The first-order chi connectivity index (χ1) is 8.06. The number of hydrogen-bond donors (Lipinski definition) is 4. The Kier molecular flexibility index (Phi) is 8.61. The van der Waals surface area contributed by atoms with Gasteiger partial charge in [0.15, 0.2) is 0 Å². The van der Waals surface area contributed by atoms with Crippen LogP contribution in [0.15, 0.2) is 0 Å². The van der Waals surface area contributed by atoms with Crippen molar-refractivity contribution in [2.75, 3.05) is 33.4 Å². The van der Waals surface area contributed by atoms with Gasteiger partial charge in [0.1, 0.15) is 0 Å². The summed E-state index contributed by atoms with van der Waals surface area (Å²) in [6.45, 7) is 0.736. The van der Waals surface area contributed by atoms with E-state index in [1.165, 1.54) is 7.11 Å². The number of carbonyl (C=O) groups is 3. The smallest absolute Gasteiger partial charge is 0.321 e. The summed E-state index contributed by atoms with van der Waals surface area (Å²) in [6.07, 6.45) is -0.0761. The van der Waals surface area contributed by atoms with Gasteiger partial charge in [-0.05, 0) is 0 Å². The quantitative estimate of drug-likeness (QED) is 0.389. The molecular weight excluding hydrogens is 230 g/mol. The van der Waals surface area contributed by atoms with Gasteiger partial charge in [0.2, 0.25) is 5.91 Å². The minimum atomic E-state index is -0.949. The number of carboxylic acids is 1. The summed E-state index contributed by atoms with van der Waals surface area (Å²) in [5.41, 5.74) is 0. The van der Waals surface area contributed by atoms with Gasteiger partial charge in [-0.3, -0.25) is 14.9 Å². The molecule has 0 bridgehead atoms. The maximum absolute atomic E-state index is 11.1. The number of methoxy groups -OCH3 is 1. The van der Waals surface area contributed by atoms with E-state index in [0.717, 1.165) is 0 Å². The Balaban J connectivity index is 3.50. The molecule has 17 heavy (non-hydrogen) atoms. The van der Waals surface area contributed by atoms with E-state index < -0.39 is 17.9 Å². The van der Waals surface area contributed by atoms with Gasteiger partial charge in [-0.15, -0.1) is 0 Å². The second kappa shape index (κ2) is 9.55. The van der Waals surface area contributed by atoms with Crippen LogP contribution in [0.4, 0.5) is 4.79 Å². The molecule has 0 aromatic carbocycles. The standard InChI is InChI=1S/C9H17N3O5/c1-17-5-4-11-9(16)12-7(13)6-10-3-2-8(14)15/h10H,2-6H2,1H3,(H,14,15)(H2,11,12,13,16). The number of aliphatic carboxylic acids is 1. The molecule has 8 nitrogen and oxygen atoms in total. The third kappa shape index (κ3) is 10.6. The molecule has 8 heteroatoms. The molecule has 0 unspecified atom stereocenters. The summed E-state index contributed by atoms with van der Waals surface area (Å²) < 4.78 is 4.70. The largest absolute Gasteiger partial charge is 0.481 e. The summed E-state index contributed by atoms with van der Waals surface area (Å²) in [4.78, 5) is 32.3. The molecule has 0 aliphatic heterocycles. The van der Waals surface area contributed by atoms with Gasteiger partial charge in [-0.25, -0.2) is 4.79 Å². The zero-order valence-electron chi connectivity index (χ0n) is 9.62. The highest BCUT2D eigenvalue weighted by Crippen LogP contribution is 1.75. The molecule has 0 aromatic rings. The average molecular weight is 247 g/mol. The summed E-state index contributed by atoms with van der Waals surface area (Å²) in [6, 6.07) is -0.605. The second-order valence-corrected chi connectivity index (χ2v) is 3.12. The van der Waals surface area contributed by atoms with Crippen LogP contribution in [-0.2, 0) is 14.3 Å². The molecule has 0 aliphatic rings. The zero-order valence-corrected chi connectivity index (χ0v) is 9.62. The maximum atomic E-state index is 11.1. The average Bonchev–Trinajstić information content (AvgIpc) is 2.24. The summed E-state index contributed by atoms with van der Waals surface area (Å²) in [5.74, 6) is -1.47. The van der Waals surface area contributed by atoms with E-state index in [0.29, 0.717) is 13.2 Å². The highest BCUT2D eigenvalue weighted by Gasteiger charge is 2.06. The number of imide groups is 1. The van der Waals surface area contributed by atoms with E-state index >= 15 is 0 Å². The van der Waals surface area contributed by atoms with Crippen molar-refractivity contribution in [1.82, 2.24) is 16.0 Å². The van der Waals surface area contributed by atoms with Gasteiger partial charge in [0.05, 0.1) is 19.6 Å². The minimum Gasteiger partial charge on any atom is -0.481 e. The Labute approximate surface area is 98.7 Å². The Morgan fingerprint density at radius 3 is 2.53 bits per heavy atom. The van der Waals surface area contributed by atoms with Crippen molar-refractivity contribution in [2.24, 2.45) is 0 Å². The van der Waals surface area contributed by atoms with Gasteiger partial charge in [-0.1, -0.05) is 0 Å². The lowest BCUT2D eigenvalue weighted by Crippen LogP contribution is -2.44. The lowest BCUT2D eigenvalue weighted by molar-refractivity contribution is -0.137. The van der Waals surface area contributed by atoms with Crippen LogP contribution in [0, 0.1) is 0 Å². The molecule has 0 radical (unpaired) electrons. The molecule has 0 aliphatic carbocycles. The van der Waals surface area contributed by atoms with Gasteiger partial charge in [-0.2, -0.15) is 0 Å². The van der Waals surface area contributed by atoms with Crippen LogP contribution in [0.3, 0.4) is 0 Å². The number of urea groups is 1. The molecule has 0 fully saturated rings. The molecule has 0 saturated carbocycles. The van der Waals surface area contributed by atoms with Crippen molar-refractivity contribution in [3.63, 3.8) is 0 Å². The van der Waals surface area contributed by atoms with Crippen LogP contribution in [-0.4, -0.2) is 56.4 Å². The Bertz CT molecular complexity index is 269. The molecule has 3 amide bonds. The SMILES string of the molecule is COCCNC(=O)NC(=O)CNCCC(=O)O. The first-order valence-electron chi connectivity index (χ1n) is 5.05. The predicted molar refractivity (Wildman–Crippen MR) is 58.5 cm³/mol. The molecule has 0 aromatic heterocycles. The lowest BCUT2D eigenvalue weighted by atomic mass is 10.4. The fourth-order valence-electron chi connectivity index (χ4n) is 0.879. The number of amides is 3. The third-order valence-electron chi connectivity index (χ3n) is 1.65. The first-order valence-corrected chi connectivity index (χ1v) is 5.05. The summed E-state index contributed by atoms with van der Waals surface area (Å²) >= 11 is 0. The molecule has 4 N–H and O–H groups in total. The van der Waals surface area contributed by atoms with Crippen molar-refractivity contribution in [1.29, 1.82) is 0 Å². The second-order valence-electron chi connectivity index (χ2n) is 3.12. The van der Waals surface area contributed by atoms with Gasteiger partial charge in [0, 0.05) is 20.2 Å². The van der Waals surface area contributed by atoms with Gasteiger partial charge in [0.25, 0.3) is 0 Å².